The minimum Gasteiger partial charge on any atom is -0.507 e. The molecule has 1 atom stereocenters. The molecule has 0 aliphatic rings. The van der Waals surface area contributed by atoms with Crippen LogP contribution in [0.2, 0.25) is 0 Å². The summed E-state index contributed by atoms with van der Waals surface area (Å²) in [7, 11) is 0. The first-order chi connectivity index (χ1) is 11.7. The van der Waals surface area contributed by atoms with Crippen molar-refractivity contribution in [2.24, 2.45) is 5.73 Å². The summed E-state index contributed by atoms with van der Waals surface area (Å²) in [4.78, 5) is 10.1. The van der Waals surface area contributed by atoms with Crippen molar-refractivity contribution >= 4 is 18.6 Å². The number of nitrogens with two attached hydrogens (primary N) is 1. The van der Waals surface area contributed by atoms with Crippen LogP contribution in [0, 0.1) is 18.6 Å². The predicted molar refractivity (Wildman–Crippen MR) is 94.3 cm³/mol. The number of carbonyl (C=O) groups is 1. The van der Waals surface area contributed by atoms with Crippen molar-refractivity contribution in [3.63, 3.8) is 0 Å². The van der Waals surface area contributed by atoms with Crippen LogP contribution in [0.1, 0.15) is 24.5 Å². The molecule has 0 unspecified atom stereocenters. The molecule has 7 heteroatoms. The molecule has 25 heavy (non-hydrogen) atoms. The van der Waals surface area contributed by atoms with Gasteiger partial charge in [-0.25, -0.2) is 8.78 Å². The first-order valence-electron chi connectivity index (χ1n) is 7.62. The summed E-state index contributed by atoms with van der Waals surface area (Å²) in [5, 5.41) is 9.97. The van der Waals surface area contributed by atoms with Crippen LogP contribution >= 0.6 is 12.6 Å². The number of rotatable bonds is 5. The topological polar surface area (TPSA) is 72.5 Å². The third kappa shape index (κ3) is 4.29. The summed E-state index contributed by atoms with van der Waals surface area (Å²) in [6, 6.07) is 6.26. The number of aryl methyl sites for hydroxylation is 1. The second-order valence-electron chi connectivity index (χ2n) is 5.72. The van der Waals surface area contributed by atoms with Crippen molar-refractivity contribution in [3.05, 3.63) is 53.1 Å². The smallest absolute Gasteiger partial charge is 0.308 e. The number of hydrogen-bond acceptors (Lipinski definition) is 5. The van der Waals surface area contributed by atoms with E-state index in [1.54, 1.807) is 6.92 Å². The van der Waals surface area contributed by atoms with E-state index in [1.165, 1.54) is 25.1 Å². The molecule has 0 aliphatic carbocycles. The molecule has 0 saturated heterocycles. The van der Waals surface area contributed by atoms with Gasteiger partial charge in [-0.3, -0.25) is 4.79 Å². The van der Waals surface area contributed by atoms with Gasteiger partial charge in [-0.2, -0.15) is 12.6 Å². The van der Waals surface area contributed by atoms with Gasteiger partial charge < -0.3 is 15.6 Å². The van der Waals surface area contributed by atoms with E-state index in [0.29, 0.717) is 5.56 Å². The highest BCUT2D eigenvalue weighted by Gasteiger charge is 2.31. The average Bonchev–Trinajstić information content (AvgIpc) is 2.51. The lowest BCUT2D eigenvalue weighted by molar-refractivity contribution is -0.143. The third-order valence-corrected chi connectivity index (χ3v) is 4.11. The Hall–Kier alpha value is -2.12. The number of phenolic OH excluding ortho intramolecular Hbond substituents is 1. The van der Waals surface area contributed by atoms with Gasteiger partial charge in [0.05, 0.1) is 17.9 Å². The first-order valence-corrected chi connectivity index (χ1v) is 8.06. The maximum absolute atomic E-state index is 14.6. The van der Waals surface area contributed by atoms with Gasteiger partial charge in [0.2, 0.25) is 0 Å². The van der Waals surface area contributed by atoms with Crippen LogP contribution in [-0.4, -0.2) is 17.7 Å². The van der Waals surface area contributed by atoms with E-state index in [-0.39, 0.29) is 35.5 Å². The lowest BCUT2D eigenvalue weighted by atomic mass is 9.94. The minimum atomic E-state index is -1.62. The fourth-order valence-electron chi connectivity index (χ4n) is 2.51. The number of phenols is 1. The molecule has 3 N–H and O–H groups in total. The molecule has 0 radical (unpaired) electrons. The fourth-order valence-corrected chi connectivity index (χ4v) is 2.80. The van der Waals surface area contributed by atoms with E-state index >= 15 is 0 Å². The van der Waals surface area contributed by atoms with Crippen molar-refractivity contribution in [2.45, 2.75) is 25.1 Å². The summed E-state index contributed by atoms with van der Waals surface area (Å²) in [5.41, 5.74) is 6.77. The molecule has 4 nitrogen and oxygen atoms in total. The van der Waals surface area contributed by atoms with Crippen molar-refractivity contribution in [1.82, 2.24) is 0 Å². The molecule has 0 aliphatic heterocycles. The quantitative estimate of drug-likeness (QED) is 0.429. The summed E-state index contributed by atoms with van der Waals surface area (Å²) in [5.74, 6) is -1.95. The Morgan fingerprint density at radius 3 is 2.64 bits per heavy atom. The highest BCUT2D eigenvalue weighted by Crippen LogP contribution is 2.37. The van der Waals surface area contributed by atoms with E-state index in [0.717, 1.165) is 12.1 Å². The zero-order valence-electron chi connectivity index (χ0n) is 13.8. The van der Waals surface area contributed by atoms with Gasteiger partial charge in [0, 0.05) is 11.1 Å². The van der Waals surface area contributed by atoms with E-state index in [4.69, 9.17) is 10.5 Å². The Labute approximate surface area is 150 Å². The molecular weight excluding hydrogens is 348 g/mol. The second-order valence-corrected chi connectivity index (χ2v) is 6.52. The predicted octanol–water partition coefficient (Wildman–Crippen LogP) is 3.64. The minimum absolute atomic E-state index is 0.0393. The average molecular weight is 367 g/mol. The number of hydrogen-bond donors (Lipinski definition) is 3. The lowest BCUT2D eigenvalue weighted by Crippen LogP contribution is -2.35. The normalized spacial score (nSPS) is 13.4. The standard InChI is InChI=1S/C18H19F2NO3S/c1-3-24-16(23)9-18(21,25)14-7-11(6-10(2)17(14)20)13-8-12(19)4-5-15(13)22/h4-8,22,25H,3,9,21H2,1-2H3/t18-/m0/s1. The second kappa shape index (κ2) is 7.41. The number of benzene rings is 2. The number of carbonyl (C=O) groups excluding carboxylic acids is 1. The van der Waals surface area contributed by atoms with Crippen molar-refractivity contribution in [2.75, 3.05) is 6.61 Å². The number of halogens is 2. The summed E-state index contributed by atoms with van der Waals surface area (Å²) in [6.07, 6.45) is -0.348. The van der Waals surface area contributed by atoms with E-state index in [9.17, 15) is 18.7 Å². The maximum atomic E-state index is 14.6. The SMILES string of the molecule is CCOC(=O)C[C@](N)(S)c1cc(-c2cc(F)ccc2O)cc(C)c1F. The zero-order valence-corrected chi connectivity index (χ0v) is 14.7. The number of thiol groups is 1. The van der Waals surface area contributed by atoms with Gasteiger partial charge in [0.1, 0.15) is 17.4 Å². The molecule has 0 spiro atoms. The zero-order chi connectivity index (χ0) is 18.8. The van der Waals surface area contributed by atoms with Crippen molar-refractivity contribution < 1.29 is 23.4 Å². The first kappa shape index (κ1) is 19.2. The molecule has 2 aromatic carbocycles. The fraction of sp³-hybridized carbons (Fsp3) is 0.278. The van der Waals surface area contributed by atoms with Crippen LogP contribution in [0.4, 0.5) is 8.78 Å². The van der Waals surface area contributed by atoms with Gasteiger partial charge in [0.15, 0.2) is 0 Å². The highest BCUT2D eigenvalue weighted by atomic mass is 32.1. The van der Waals surface area contributed by atoms with Crippen LogP contribution in [0.5, 0.6) is 5.75 Å². The van der Waals surface area contributed by atoms with Crippen LogP contribution < -0.4 is 5.73 Å². The van der Waals surface area contributed by atoms with E-state index < -0.39 is 22.5 Å². The molecular formula is C18H19F2NO3S. The number of ether oxygens (including phenoxy) is 1. The van der Waals surface area contributed by atoms with Gasteiger partial charge in [-0.15, -0.1) is 0 Å². The van der Waals surface area contributed by atoms with Crippen LogP contribution in [0.15, 0.2) is 30.3 Å². The molecule has 0 heterocycles. The van der Waals surface area contributed by atoms with E-state index in [2.05, 4.69) is 12.6 Å². The molecule has 0 amide bonds. The van der Waals surface area contributed by atoms with Gasteiger partial charge >= 0.3 is 5.97 Å². The van der Waals surface area contributed by atoms with Crippen LogP contribution in [0.25, 0.3) is 11.1 Å². The molecule has 0 fully saturated rings. The largest absolute Gasteiger partial charge is 0.507 e. The maximum Gasteiger partial charge on any atom is 0.308 e. The summed E-state index contributed by atoms with van der Waals surface area (Å²) < 4.78 is 32.9. The van der Waals surface area contributed by atoms with E-state index in [1.807, 2.05) is 0 Å². The molecule has 0 saturated carbocycles. The highest BCUT2D eigenvalue weighted by molar-refractivity contribution is 7.81. The van der Waals surface area contributed by atoms with Crippen molar-refractivity contribution in [3.8, 4) is 16.9 Å². The Balaban J connectivity index is 2.54. The summed E-state index contributed by atoms with van der Waals surface area (Å²) >= 11 is 4.23. The molecule has 2 aromatic rings. The molecule has 134 valence electrons. The van der Waals surface area contributed by atoms with Crippen molar-refractivity contribution in [1.29, 1.82) is 0 Å². The monoisotopic (exact) mass is 367 g/mol. The van der Waals surface area contributed by atoms with Gasteiger partial charge in [0.25, 0.3) is 0 Å². The Morgan fingerprint density at radius 2 is 2.00 bits per heavy atom. The molecule has 0 bridgehead atoms. The van der Waals surface area contributed by atoms with Crippen LogP contribution in [0.3, 0.4) is 0 Å². The van der Waals surface area contributed by atoms with Gasteiger partial charge in [-0.1, -0.05) is 0 Å². The van der Waals surface area contributed by atoms with Gasteiger partial charge in [-0.05, 0) is 55.3 Å². The molecule has 2 rings (SSSR count). The summed E-state index contributed by atoms with van der Waals surface area (Å²) in [6.45, 7) is 3.32. The Kier molecular flexibility index (Phi) is 5.69. The lowest BCUT2D eigenvalue weighted by Gasteiger charge is -2.25. The number of esters is 1. The Bertz CT molecular complexity index is 809. The number of aromatic hydroxyl groups is 1. The third-order valence-electron chi connectivity index (χ3n) is 3.71. The Morgan fingerprint density at radius 1 is 1.32 bits per heavy atom. The van der Waals surface area contributed by atoms with Crippen LogP contribution in [-0.2, 0) is 14.4 Å². The molecule has 0 aromatic heterocycles.